The number of nitrogens with two attached hydrogens (primary N) is 1. The number of nitrogens with zero attached hydrogens (tertiary/aromatic N) is 1. The van der Waals surface area contributed by atoms with Crippen LogP contribution in [0.1, 0.15) is 0 Å². The van der Waals surface area contributed by atoms with Crippen LogP contribution in [0.5, 0.6) is 5.75 Å². The number of rotatable bonds is 3. The zero-order valence-corrected chi connectivity index (χ0v) is 14.5. The Labute approximate surface area is 152 Å². The molecule has 1 heterocycles. The maximum absolute atomic E-state index is 5.93. The first kappa shape index (κ1) is 16.9. The Morgan fingerprint density at radius 3 is 2.36 bits per heavy atom. The van der Waals surface area contributed by atoms with Gasteiger partial charge in [-0.25, -0.2) is 4.98 Å². The monoisotopic (exact) mass is 351 g/mol. The van der Waals surface area contributed by atoms with Gasteiger partial charge in [0.1, 0.15) is 5.75 Å². The average molecular weight is 352 g/mol. The highest BCUT2D eigenvalue weighted by atomic mass is 35.5. The van der Waals surface area contributed by atoms with Crippen molar-refractivity contribution in [3.05, 3.63) is 66.7 Å². The Morgan fingerprint density at radius 2 is 1.60 bits per heavy atom. The first-order valence-electron chi connectivity index (χ1n) is 7.74. The number of pyridine rings is 1. The number of anilines is 3. The second kappa shape index (κ2) is 6.87. The van der Waals surface area contributed by atoms with E-state index in [-0.39, 0.29) is 12.4 Å². The molecular formula is C20H18ClN3O. The van der Waals surface area contributed by atoms with Gasteiger partial charge in [-0.1, -0.05) is 18.2 Å². The van der Waals surface area contributed by atoms with Crippen molar-refractivity contribution >= 4 is 51.3 Å². The lowest BCUT2D eigenvalue weighted by Crippen LogP contribution is -1.96. The third kappa shape index (κ3) is 3.16. The summed E-state index contributed by atoms with van der Waals surface area (Å²) in [6.07, 6.45) is 0. The largest absolute Gasteiger partial charge is 0.497 e. The summed E-state index contributed by atoms with van der Waals surface area (Å²) < 4.78 is 5.22. The molecule has 4 rings (SSSR count). The van der Waals surface area contributed by atoms with Gasteiger partial charge in [0.05, 0.1) is 23.8 Å². The number of methoxy groups -OCH3 is 1. The molecule has 1 aromatic heterocycles. The van der Waals surface area contributed by atoms with Crippen molar-refractivity contribution in [3.63, 3.8) is 0 Å². The number of ether oxygens (including phenoxy) is 1. The molecular weight excluding hydrogens is 334 g/mol. The van der Waals surface area contributed by atoms with E-state index in [1.165, 1.54) is 0 Å². The molecule has 126 valence electrons. The molecule has 0 aliphatic heterocycles. The van der Waals surface area contributed by atoms with Crippen LogP contribution in [0.4, 0.5) is 17.1 Å². The van der Waals surface area contributed by atoms with Gasteiger partial charge in [0.25, 0.3) is 0 Å². The van der Waals surface area contributed by atoms with Crippen LogP contribution in [0.2, 0.25) is 0 Å². The van der Waals surface area contributed by atoms with Crippen LogP contribution < -0.4 is 15.8 Å². The first-order chi connectivity index (χ1) is 11.7. The predicted molar refractivity (Wildman–Crippen MR) is 107 cm³/mol. The van der Waals surface area contributed by atoms with Crippen molar-refractivity contribution in [2.24, 2.45) is 0 Å². The molecule has 0 fully saturated rings. The molecule has 0 saturated carbocycles. The number of hydrogen-bond acceptors (Lipinski definition) is 4. The average Bonchev–Trinajstić information content (AvgIpc) is 2.62. The number of halogens is 1. The second-order valence-electron chi connectivity index (χ2n) is 5.63. The fourth-order valence-electron chi connectivity index (χ4n) is 2.86. The van der Waals surface area contributed by atoms with E-state index < -0.39 is 0 Å². The van der Waals surface area contributed by atoms with Crippen LogP contribution in [0.3, 0.4) is 0 Å². The maximum atomic E-state index is 5.93. The van der Waals surface area contributed by atoms with Gasteiger partial charge in [0.15, 0.2) is 0 Å². The van der Waals surface area contributed by atoms with Crippen LogP contribution in [0.15, 0.2) is 66.7 Å². The van der Waals surface area contributed by atoms with Crippen LogP contribution in [-0.2, 0) is 0 Å². The number of hydrogen-bond donors (Lipinski definition) is 2. The van der Waals surface area contributed by atoms with Gasteiger partial charge < -0.3 is 15.8 Å². The molecule has 4 aromatic rings. The normalized spacial score (nSPS) is 10.4. The summed E-state index contributed by atoms with van der Waals surface area (Å²) in [6.45, 7) is 0. The van der Waals surface area contributed by atoms with E-state index in [0.29, 0.717) is 5.69 Å². The van der Waals surface area contributed by atoms with E-state index in [1.54, 1.807) is 7.11 Å². The molecule has 3 N–H and O–H groups in total. The van der Waals surface area contributed by atoms with Crippen molar-refractivity contribution in [1.82, 2.24) is 4.98 Å². The van der Waals surface area contributed by atoms with Crippen molar-refractivity contribution < 1.29 is 4.74 Å². The van der Waals surface area contributed by atoms with E-state index >= 15 is 0 Å². The highest BCUT2D eigenvalue weighted by molar-refractivity contribution is 6.09. The molecule has 25 heavy (non-hydrogen) atoms. The molecule has 0 aliphatic rings. The first-order valence-corrected chi connectivity index (χ1v) is 7.74. The van der Waals surface area contributed by atoms with Gasteiger partial charge >= 0.3 is 0 Å². The standard InChI is InChI=1S/C20H17N3O.ClH/c1-24-15-9-7-14(8-10-15)22-20-16-4-2-3-5-18(16)23-19-12-13(21)6-11-17(19)20;/h2-12H,21H2,1H3,(H,22,23);1H. The Hall–Kier alpha value is -2.98. The molecule has 3 aromatic carbocycles. The van der Waals surface area contributed by atoms with Gasteiger partial charge in [-0.2, -0.15) is 0 Å². The van der Waals surface area contributed by atoms with Crippen molar-refractivity contribution in [3.8, 4) is 5.75 Å². The minimum absolute atomic E-state index is 0. The summed E-state index contributed by atoms with van der Waals surface area (Å²) in [5, 5.41) is 5.64. The van der Waals surface area contributed by atoms with Gasteiger partial charge in [0.2, 0.25) is 0 Å². The summed E-state index contributed by atoms with van der Waals surface area (Å²) in [6, 6.07) is 21.8. The Morgan fingerprint density at radius 1 is 0.880 bits per heavy atom. The summed E-state index contributed by atoms with van der Waals surface area (Å²) in [5.41, 5.74) is 10.5. The van der Waals surface area contributed by atoms with Gasteiger partial charge in [-0.05, 0) is 48.5 Å². The molecule has 5 heteroatoms. The zero-order valence-electron chi connectivity index (χ0n) is 13.7. The number of nitrogen functional groups attached to an aromatic ring is 1. The number of aromatic nitrogens is 1. The number of nitrogens with one attached hydrogen (secondary N) is 1. The van der Waals surface area contributed by atoms with Crippen molar-refractivity contribution in [2.45, 2.75) is 0 Å². The minimum Gasteiger partial charge on any atom is -0.497 e. The lowest BCUT2D eigenvalue weighted by molar-refractivity contribution is 0.415. The Balaban J connectivity index is 0.00000182. The molecule has 4 nitrogen and oxygen atoms in total. The van der Waals surface area contributed by atoms with Gasteiger partial charge in [0, 0.05) is 22.1 Å². The molecule has 0 unspecified atom stereocenters. The third-order valence-electron chi connectivity index (χ3n) is 4.06. The summed E-state index contributed by atoms with van der Waals surface area (Å²) in [4.78, 5) is 4.73. The fraction of sp³-hybridized carbons (Fsp3) is 0.0500. The molecule has 0 atom stereocenters. The van der Waals surface area contributed by atoms with E-state index in [4.69, 9.17) is 15.5 Å². The van der Waals surface area contributed by atoms with Crippen molar-refractivity contribution in [1.29, 1.82) is 0 Å². The van der Waals surface area contributed by atoms with Crippen LogP contribution in [0, 0.1) is 0 Å². The number of para-hydroxylation sites is 1. The highest BCUT2D eigenvalue weighted by Gasteiger charge is 2.09. The zero-order chi connectivity index (χ0) is 16.5. The summed E-state index contributed by atoms with van der Waals surface area (Å²) >= 11 is 0. The predicted octanol–water partition coefficient (Wildman–Crippen LogP) is 5.14. The fourth-order valence-corrected chi connectivity index (χ4v) is 2.86. The maximum Gasteiger partial charge on any atom is 0.119 e. The van der Waals surface area contributed by atoms with E-state index in [1.807, 2.05) is 60.7 Å². The van der Waals surface area contributed by atoms with E-state index in [9.17, 15) is 0 Å². The molecule has 0 saturated heterocycles. The summed E-state index contributed by atoms with van der Waals surface area (Å²) in [5.74, 6) is 0.831. The highest BCUT2D eigenvalue weighted by Crippen LogP contribution is 2.34. The SMILES string of the molecule is COc1ccc(Nc2c3ccccc3nc3cc(N)ccc23)cc1.Cl. The van der Waals surface area contributed by atoms with Crippen LogP contribution in [-0.4, -0.2) is 12.1 Å². The molecule has 0 spiro atoms. The smallest absolute Gasteiger partial charge is 0.119 e. The molecule has 0 bridgehead atoms. The van der Waals surface area contributed by atoms with Crippen LogP contribution >= 0.6 is 12.4 Å². The topological polar surface area (TPSA) is 60.2 Å². The quantitative estimate of drug-likeness (QED) is 0.396. The molecule has 0 aliphatic carbocycles. The van der Waals surface area contributed by atoms with E-state index in [0.717, 1.165) is 38.9 Å². The summed E-state index contributed by atoms with van der Waals surface area (Å²) in [7, 11) is 1.66. The number of fused-ring (bicyclic) bond motifs is 2. The molecule has 0 amide bonds. The van der Waals surface area contributed by atoms with Crippen molar-refractivity contribution in [2.75, 3.05) is 18.2 Å². The molecule has 0 radical (unpaired) electrons. The second-order valence-corrected chi connectivity index (χ2v) is 5.63. The van der Waals surface area contributed by atoms with E-state index in [2.05, 4.69) is 11.4 Å². The third-order valence-corrected chi connectivity index (χ3v) is 4.06. The Kier molecular flexibility index (Phi) is 4.63. The van der Waals surface area contributed by atoms with Crippen LogP contribution in [0.25, 0.3) is 21.8 Å². The lowest BCUT2D eigenvalue weighted by Gasteiger charge is -2.14. The van der Waals surface area contributed by atoms with Gasteiger partial charge in [-0.3, -0.25) is 0 Å². The lowest BCUT2D eigenvalue weighted by atomic mass is 10.1. The minimum atomic E-state index is 0. The number of benzene rings is 3. The Bertz CT molecular complexity index is 1030. The van der Waals surface area contributed by atoms with Gasteiger partial charge in [-0.15, -0.1) is 12.4 Å².